The van der Waals surface area contributed by atoms with Crippen molar-refractivity contribution in [2.24, 2.45) is 17.3 Å². The Bertz CT molecular complexity index is 353. The number of fused-ring (bicyclic) bond motifs is 1. The molecule has 2 rings (SSSR count). The Kier molecular flexibility index (Phi) is 3.17. The molecule has 1 heterocycles. The zero-order valence-corrected chi connectivity index (χ0v) is 13.1. The van der Waals surface area contributed by atoms with Crippen molar-refractivity contribution >= 4 is 5.78 Å². The Labute approximate surface area is 112 Å². The maximum atomic E-state index is 12.8. The molecule has 0 aromatic rings. The number of ketones is 1. The lowest BCUT2D eigenvalue weighted by molar-refractivity contribution is -0.134. The molecule has 2 aliphatic rings. The molecule has 2 heteroatoms. The number of hydrogen-bond donors (Lipinski definition) is 0. The minimum atomic E-state index is -0.172. The highest BCUT2D eigenvalue weighted by Gasteiger charge is 2.62. The lowest BCUT2D eigenvalue weighted by Gasteiger charge is -2.41. The first-order valence-corrected chi connectivity index (χ1v) is 7.44. The first-order valence-electron chi connectivity index (χ1n) is 7.44. The Hall–Kier alpha value is -0.370. The fourth-order valence-electron chi connectivity index (χ4n) is 3.69. The summed E-state index contributed by atoms with van der Waals surface area (Å²) >= 11 is 0. The molecule has 0 radical (unpaired) electrons. The molecule has 1 saturated heterocycles. The molecule has 0 unspecified atom stereocenters. The van der Waals surface area contributed by atoms with E-state index in [1.165, 1.54) is 0 Å². The standard InChI is InChI=1S/C16H29NO/c1-8-16(6,7)14(18)12-9-11-10(2)13(11)17(12)15(3,4)5/h10-13H,8-9H2,1-7H3/t10-,11+,12-,13-/m0/s1. The number of piperidine rings is 1. The molecule has 1 saturated carbocycles. The van der Waals surface area contributed by atoms with Gasteiger partial charge in [-0.3, -0.25) is 9.69 Å². The molecule has 104 valence electrons. The van der Waals surface area contributed by atoms with Gasteiger partial charge in [-0.15, -0.1) is 0 Å². The first-order chi connectivity index (χ1) is 8.11. The number of hydrogen-bond acceptors (Lipinski definition) is 2. The summed E-state index contributed by atoms with van der Waals surface area (Å²) < 4.78 is 0. The zero-order valence-electron chi connectivity index (χ0n) is 13.1. The topological polar surface area (TPSA) is 20.3 Å². The molecular formula is C16H29NO. The number of rotatable bonds is 3. The Morgan fingerprint density at radius 1 is 1.22 bits per heavy atom. The zero-order chi connectivity index (χ0) is 13.9. The van der Waals surface area contributed by atoms with Crippen molar-refractivity contribution in [3.8, 4) is 0 Å². The predicted octanol–water partition coefficient (Wildman–Crippen LogP) is 3.50. The van der Waals surface area contributed by atoms with Crippen LogP contribution in [0, 0.1) is 17.3 Å². The Balaban J connectivity index is 2.22. The SMILES string of the molecule is CCC(C)(C)C(=O)[C@@H]1C[C@@H]2[C@H](C)[C@@H]2N1C(C)(C)C. The van der Waals surface area contributed by atoms with Gasteiger partial charge in [0.05, 0.1) is 6.04 Å². The van der Waals surface area contributed by atoms with E-state index < -0.39 is 0 Å². The summed E-state index contributed by atoms with van der Waals surface area (Å²) in [7, 11) is 0. The van der Waals surface area contributed by atoms with Crippen molar-refractivity contribution in [1.29, 1.82) is 0 Å². The number of Topliss-reactive ketones (excluding diaryl/α,β-unsaturated/α-hetero) is 1. The predicted molar refractivity (Wildman–Crippen MR) is 75.5 cm³/mol. The molecule has 4 atom stereocenters. The third-order valence-electron chi connectivity index (χ3n) is 5.29. The molecule has 1 aliphatic carbocycles. The lowest BCUT2D eigenvalue weighted by atomic mass is 9.80. The molecule has 18 heavy (non-hydrogen) atoms. The molecule has 0 aromatic carbocycles. The molecular weight excluding hydrogens is 222 g/mol. The third kappa shape index (κ3) is 2.03. The highest BCUT2D eigenvalue weighted by molar-refractivity contribution is 5.89. The van der Waals surface area contributed by atoms with Crippen LogP contribution in [0.2, 0.25) is 0 Å². The van der Waals surface area contributed by atoms with E-state index >= 15 is 0 Å². The summed E-state index contributed by atoms with van der Waals surface area (Å²) in [6.07, 6.45) is 2.02. The number of carbonyl (C=O) groups is 1. The Morgan fingerprint density at radius 3 is 2.22 bits per heavy atom. The van der Waals surface area contributed by atoms with Gasteiger partial charge in [-0.1, -0.05) is 27.7 Å². The average molecular weight is 251 g/mol. The normalized spacial score (nSPS) is 36.6. The van der Waals surface area contributed by atoms with E-state index in [1.807, 2.05) is 0 Å². The van der Waals surface area contributed by atoms with Crippen LogP contribution in [0.3, 0.4) is 0 Å². The number of nitrogens with zero attached hydrogens (tertiary/aromatic N) is 1. The van der Waals surface area contributed by atoms with Crippen LogP contribution in [0.5, 0.6) is 0 Å². The maximum Gasteiger partial charge on any atom is 0.155 e. The summed E-state index contributed by atoms with van der Waals surface area (Å²) in [4.78, 5) is 15.3. The minimum absolute atomic E-state index is 0.105. The lowest BCUT2D eigenvalue weighted by Crippen LogP contribution is -2.53. The van der Waals surface area contributed by atoms with Crippen molar-refractivity contribution < 1.29 is 4.79 Å². The van der Waals surface area contributed by atoms with Crippen molar-refractivity contribution in [1.82, 2.24) is 4.90 Å². The van der Waals surface area contributed by atoms with Crippen LogP contribution in [0.25, 0.3) is 0 Å². The molecule has 0 bridgehead atoms. The number of likely N-dealkylation sites (tertiary alicyclic amines) is 1. The van der Waals surface area contributed by atoms with Gasteiger partial charge in [-0.25, -0.2) is 0 Å². The van der Waals surface area contributed by atoms with E-state index in [4.69, 9.17) is 0 Å². The van der Waals surface area contributed by atoms with Gasteiger partial charge in [0.15, 0.2) is 5.78 Å². The summed E-state index contributed by atoms with van der Waals surface area (Å²) in [5.74, 6) is 2.02. The van der Waals surface area contributed by atoms with Gasteiger partial charge in [-0.2, -0.15) is 0 Å². The molecule has 0 N–H and O–H groups in total. The molecule has 1 aliphatic heterocycles. The minimum Gasteiger partial charge on any atom is -0.297 e. The summed E-state index contributed by atoms with van der Waals surface area (Å²) in [6, 6.07) is 0.817. The van der Waals surface area contributed by atoms with Crippen molar-refractivity contribution in [3.63, 3.8) is 0 Å². The molecule has 0 amide bonds. The van der Waals surface area contributed by atoms with Crippen molar-refractivity contribution in [3.05, 3.63) is 0 Å². The van der Waals surface area contributed by atoms with E-state index in [2.05, 4.69) is 53.4 Å². The second-order valence-electron chi connectivity index (χ2n) is 7.94. The van der Waals surface area contributed by atoms with Crippen LogP contribution >= 0.6 is 0 Å². The van der Waals surface area contributed by atoms with Gasteiger partial charge < -0.3 is 0 Å². The van der Waals surface area contributed by atoms with E-state index in [-0.39, 0.29) is 17.0 Å². The van der Waals surface area contributed by atoms with Gasteiger partial charge in [-0.05, 0) is 45.4 Å². The smallest absolute Gasteiger partial charge is 0.155 e. The van der Waals surface area contributed by atoms with Crippen LogP contribution in [-0.2, 0) is 4.79 Å². The Morgan fingerprint density at radius 2 is 1.78 bits per heavy atom. The van der Waals surface area contributed by atoms with E-state index in [0.29, 0.717) is 11.8 Å². The maximum absolute atomic E-state index is 12.8. The van der Waals surface area contributed by atoms with Crippen LogP contribution in [0.1, 0.15) is 61.3 Å². The highest BCUT2D eigenvalue weighted by Crippen LogP contribution is 2.56. The van der Waals surface area contributed by atoms with Crippen LogP contribution in [0.15, 0.2) is 0 Å². The van der Waals surface area contributed by atoms with Gasteiger partial charge in [0.2, 0.25) is 0 Å². The van der Waals surface area contributed by atoms with Crippen molar-refractivity contribution in [2.45, 2.75) is 78.9 Å². The van der Waals surface area contributed by atoms with Gasteiger partial charge in [0.1, 0.15) is 0 Å². The van der Waals surface area contributed by atoms with Gasteiger partial charge >= 0.3 is 0 Å². The highest BCUT2D eigenvalue weighted by atomic mass is 16.1. The molecule has 0 aromatic heterocycles. The summed E-state index contributed by atoms with van der Waals surface area (Å²) in [6.45, 7) is 15.4. The fourth-order valence-corrected chi connectivity index (χ4v) is 3.69. The van der Waals surface area contributed by atoms with E-state index in [9.17, 15) is 4.79 Å². The third-order valence-corrected chi connectivity index (χ3v) is 5.29. The second-order valence-corrected chi connectivity index (χ2v) is 7.94. The van der Waals surface area contributed by atoms with Crippen LogP contribution < -0.4 is 0 Å². The van der Waals surface area contributed by atoms with Crippen LogP contribution in [-0.4, -0.2) is 28.3 Å². The first kappa shape index (κ1) is 14.0. The summed E-state index contributed by atoms with van der Waals surface area (Å²) in [5, 5.41) is 0. The molecule has 2 fully saturated rings. The fraction of sp³-hybridized carbons (Fsp3) is 0.938. The van der Waals surface area contributed by atoms with Crippen molar-refractivity contribution in [2.75, 3.05) is 0 Å². The molecule has 2 nitrogen and oxygen atoms in total. The van der Waals surface area contributed by atoms with E-state index in [0.717, 1.165) is 24.7 Å². The van der Waals surface area contributed by atoms with Gasteiger partial charge in [0, 0.05) is 17.0 Å². The summed E-state index contributed by atoms with van der Waals surface area (Å²) in [5.41, 5.74) is -0.0670. The monoisotopic (exact) mass is 251 g/mol. The van der Waals surface area contributed by atoms with E-state index in [1.54, 1.807) is 0 Å². The quantitative estimate of drug-likeness (QED) is 0.765. The number of carbonyl (C=O) groups excluding carboxylic acids is 1. The average Bonchev–Trinajstić information content (AvgIpc) is 2.74. The second kappa shape index (κ2) is 4.06. The van der Waals surface area contributed by atoms with Gasteiger partial charge in [0.25, 0.3) is 0 Å². The largest absolute Gasteiger partial charge is 0.297 e. The van der Waals surface area contributed by atoms with Crippen LogP contribution in [0.4, 0.5) is 0 Å². The molecule has 0 spiro atoms.